The first-order valence-electron chi connectivity index (χ1n) is 8.04. The molecule has 1 aliphatic rings. The molecule has 1 fully saturated rings. The second-order valence-corrected chi connectivity index (χ2v) is 8.69. The van der Waals surface area contributed by atoms with Crippen molar-refractivity contribution in [2.24, 2.45) is 5.92 Å². The van der Waals surface area contributed by atoms with Gasteiger partial charge in [0.1, 0.15) is 5.75 Å². The Morgan fingerprint density at radius 3 is 2.29 bits per heavy atom. The van der Waals surface area contributed by atoms with Crippen LogP contribution in [-0.2, 0) is 0 Å². The van der Waals surface area contributed by atoms with Crippen molar-refractivity contribution in [3.8, 4) is 5.75 Å². The van der Waals surface area contributed by atoms with E-state index in [4.69, 9.17) is 4.74 Å². The van der Waals surface area contributed by atoms with E-state index in [2.05, 4.69) is 58.4 Å². The van der Waals surface area contributed by atoms with E-state index in [0.717, 1.165) is 0 Å². The molecule has 3 rings (SSSR count). The lowest BCUT2D eigenvalue weighted by atomic mass is 10.2. The first kappa shape index (κ1) is 21.2. The summed E-state index contributed by atoms with van der Waals surface area (Å²) in [6, 6.07) is 9.09. The highest BCUT2D eigenvalue weighted by Gasteiger charge is 2.57. The van der Waals surface area contributed by atoms with E-state index in [1.54, 1.807) is 36.4 Å². The molecule has 0 heterocycles. The maximum Gasteiger partial charge on any atom is 0.326 e. The number of benzene rings is 2. The Kier molecular flexibility index (Phi) is 6.41. The standard InChI is InChI=1S/C18H13Br3F2N2O3/c19-12-4-2-1-3-11(12)16(26)25-17(27)24-10-5-13(20)15(14(21)6-10)28-8-9-7-18(9,22)23/h1-6,9H,7-8H2,(H2,24,25,26,27). The van der Waals surface area contributed by atoms with Crippen molar-refractivity contribution in [1.29, 1.82) is 0 Å². The van der Waals surface area contributed by atoms with Crippen molar-refractivity contribution >= 4 is 65.4 Å². The molecule has 0 bridgehead atoms. The minimum atomic E-state index is -2.65. The van der Waals surface area contributed by atoms with E-state index in [1.807, 2.05) is 0 Å². The highest BCUT2D eigenvalue weighted by atomic mass is 79.9. The lowest BCUT2D eigenvalue weighted by Gasteiger charge is -2.13. The molecule has 0 aliphatic heterocycles. The molecule has 0 aromatic heterocycles. The Balaban J connectivity index is 1.61. The molecule has 1 aliphatic carbocycles. The van der Waals surface area contributed by atoms with Crippen LogP contribution in [0, 0.1) is 5.92 Å². The van der Waals surface area contributed by atoms with E-state index >= 15 is 0 Å². The quantitative estimate of drug-likeness (QED) is 0.456. The molecule has 148 valence electrons. The summed E-state index contributed by atoms with van der Waals surface area (Å²) in [6.07, 6.45) is -0.173. The smallest absolute Gasteiger partial charge is 0.326 e. The number of hydrogen-bond acceptors (Lipinski definition) is 3. The summed E-state index contributed by atoms with van der Waals surface area (Å²) >= 11 is 9.84. The molecule has 0 radical (unpaired) electrons. The molecule has 2 N–H and O–H groups in total. The Hall–Kier alpha value is -1.52. The number of ether oxygens (including phenoxy) is 1. The number of alkyl halides is 2. The molecule has 1 saturated carbocycles. The first-order chi connectivity index (χ1) is 13.2. The van der Waals surface area contributed by atoms with Gasteiger partial charge < -0.3 is 10.1 Å². The molecular weight excluding hydrogens is 570 g/mol. The summed E-state index contributed by atoms with van der Waals surface area (Å²) in [5, 5.41) is 4.77. The zero-order chi connectivity index (χ0) is 20.5. The normalized spacial score (nSPS) is 17.0. The maximum atomic E-state index is 13.0. The van der Waals surface area contributed by atoms with Gasteiger partial charge in [-0.1, -0.05) is 12.1 Å². The zero-order valence-electron chi connectivity index (χ0n) is 14.1. The van der Waals surface area contributed by atoms with E-state index in [1.165, 1.54) is 0 Å². The van der Waals surface area contributed by atoms with Crippen LogP contribution in [0.4, 0.5) is 19.3 Å². The molecular formula is C18H13Br3F2N2O3. The van der Waals surface area contributed by atoms with Crippen molar-refractivity contribution in [1.82, 2.24) is 5.32 Å². The number of hydrogen-bond donors (Lipinski definition) is 2. The van der Waals surface area contributed by atoms with E-state index in [0.29, 0.717) is 30.4 Å². The molecule has 2 aromatic rings. The van der Waals surface area contributed by atoms with Crippen LogP contribution < -0.4 is 15.4 Å². The Labute approximate surface area is 184 Å². The fraction of sp³-hybridized carbons (Fsp3) is 0.222. The van der Waals surface area contributed by atoms with Gasteiger partial charge in [0.25, 0.3) is 11.8 Å². The molecule has 1 atom stereocenters. The lowest BCUT2D eigenvalue weighted by Crippen LogP contribution is -2.34. The van der Waals surface area contributed by atoms with Gasteiger partial charge in [0, 0.05) is 16.6 Å². The number of amides is 3. The second-order valence-electron chi connectivity index (χ2n) is 6.13. The number of nitrogens with one attached hydrogen (secondary N) is 2. The monoisotopic (exact) mass is 580 g/mol. The van der Waals surface area contributed by atoms with Crippen LogP contribution in [-0.4, -0.2) is 24.5 Å². The zero-order valence-corrected chi connectivity index (χ0v) is 18.8. The van der Waals surface area contributed by atoms with Gasteiger partial charge in [-0.2, -0.15) is 0 Å². The lowest BCUT2D eigenvalue weighted by molar-refractivity contribution is 0.0853. The number of rotatable bonds is 5. The number of carbonyl (C=O) groups is 2. The highest BCUT2D eigenvalue weighted by molar-refractivity contribution is 9.11. The summed E-state index contributed by atoms with van der Waals surface area (Å²) in [5.74, 6) is -3.64. The van der Waals surface area contributed by atoms with E-state index in [-0.39, 0.29) is 13.0 Å². The molecule has 5 nitrogen and oxygen atoms in total. The van der Waals surface area contributed by atoms with Crippen LogP contribution in [0.25, 0.3) is 0 Å². The Morgan fingerprint density at radius 1 is 1.11 bits per heavy atom. The SMILES string of the molecule is O=C(NC(=O)c1ccccc1Br)Nc1cc(Br)c(OCC2CC2(F)F)c(Br)c1. The predicted octanol–water partition coefficient (Wildman–Crippen LogP) is 5.97. The fourth-order valence-electron chi connectivity index (χ4n) is 2.38. The van der Waals surface area contributed by atoms with Gasteiger partial charge >= 0.3 is 6.03 Å². The Bertz CT molecular complexity index is 917. The third-order valence-electron chi connectivity index (χ3n) is 3.99. The molecule has 2 aromatic carbocycles. The minimum absolute atomic E-state index is 0.0993. The summed E-state index contributed by atoms with van der Waals surface area (Å²) < 4.78 is 32.9. The molecule has 10 heteroatoms. The van der Waals surface area contributed by atoms with Crippen molar-refractivity contribution in [3.63, 3.8) is 0 Å². The highest BCUT2D eigenvalue weighted by Crippen LogP contribution is 2.49. The fourth-order valence-corrected chi connectivity index (χ4v) is 4.26. The summed E-state index contributed by atoms with van der Waals surface area (Å²) in [4.78, 5) is 24.3. The molecule has 1 unspecified atom stereocenters. The summed E-state index contributed by atoms with van der Waals surface area (Å²) in [6.45, 7) is -0.0993. The summed E-state index contributed by atoms with van der Waals surface area (Å²) in [5.41, 5.74) is 0.695. The van der Waals surface area contributed by atoms with E-state index < -0.39 is 23.8 Å². The van der Waals surface area contributed by atoms with Crippen molar-refractivity contribution < 1.29 is 23.1 Å². The van der Waals surface area contributed by atoms with Crippen molar-refractivity contribution in [2.45, 2.75) is 12.3 Å². The molecule has 3 amide bonds. The van der Waals surface area contributed by atoms with Gasteiger partial charge in [-0.3, -0.25) is 10.1 Å². The summed E-state index contributed by atoms with van der Waals surface area (Å²) in [7, 11) is 0. The van der Waals surface area contributed by atoms with Gasteiger partial charge in [-0.25, -0.2) is 13.6 Å². The van der Waals surface area contributed by atoms with E-state index in [9.17, 15) is 18.4 Å². The van der Waals surface area contributed by atoms with Crippen molar-refractivity contribution in [2.75, 3.05) is 11.9 Å². The number of carbonyl (C=O) groups excluding carboxylic acids is 2. The predicted molar refractivity (Wildman–Crippen MR) is 111 cm³/mol. The second kappa shape index (κ2) is 8.46. The van der Waals surface area contributed by atoms with Crippen LogP contribution in [0.2, 0.25) is 0 Å². The van der Waals surface area contributed by atoms with Crippen LogP contribution in [0.5, 0.6) is 5.75 Å². The number of anilines is 1. The van der Waals surface area contributed by atoms with Crippen LogP contribution in [0.15, 0.2) is 49.8 Å². The topological polar surface area (TPSA) is 67.4 Å². The van der Waals surface area contributed by atoms with Crippen LogP contribution in [0.3, 0.4) is 0 Å². The van der Waals surface area contributed by atoms with Gasteiger partial charge in [-0.05, 0) is 72.1 Å². The molecule has 0 spiro atoms. The first-order valence-corrected chi connectivity index (χ1v) is 10.4. The number of urea groups is 1. The van der Waals surface area contributed by atoms with Crippen LogP contribution >= 0.6 is 47.8 Å². The minimum Gasteiger partial charge on any atom is -0.491 e. The largest absolute Gasteiger partial charge is 0.491 e. The van der Waals surface area contributed by atoms with Gasteiger partial charge in [0.05, 0.1) is 27.0 Å². The molecule has 28 heavy (non-hydrogen) atoms. The maximum absolute atomic E-state index is 13.0. The number of halogens is 5. The third kappa shape index (κ3) is 5.09. The molecule has 0 saturated heterocycles. The average Bonchev–Trinajstić information content (AvgIpc) is 3.21. The van der Waals surface area contributed by atoms with Crippen molar-refractivity contribution in [3.05, 3.63) is 55.4 Å². The van der Waals surface area contributed by atoms with Crippen LogP contribution in [0.1, 0.15) is 16.8 Å². The number of imide groups is 1. The van der Waals surface area contributed by atoms with Gasteiger partial charge in [0.15, 0.2) is 0 Å². The van der Waals surface area contributed by atoms with Gasteiger partial charge in [-0.15, -0.1) is 0 Å². The van der Waals surface area contributed by atoms with Gasteiger partial charge in [0.2, 0.25) is 0 Å². The third-order valence-corrected chi connectivity index (χ3v) is 5.86. The average molecular weight is 583 g/mol. The Morgan fingerprint density at radius 2 is 1.71 bits per heavy atom.